The minimum atomic E-state index is -0.464. The average molecular weight is 233 g/mol. The van der Waals surface area contributed by atoms with Crippen molar-refractivity contribution in [2.45, 2.75) is 19.4 Å². The quantitative estimate of drug-likeness (QED) is 0.867. The highest BCUT2D eigenvalue weighted by atomic mass is 35.5. The summed E-state index contributed by atoms with van der Waals surface area (Å²) in [7, 11) is 1.60. The number of hydrogen-bond acceptors (Lipinski definition) is 3. The van der Waals surface area contributed by atoms with Gasteiger partial charge in [0.05, 0.1) is 10.6 Å². The molecule has 0 unspecified atom stereocenters. The molecule has 0 radical (unpaired) electrons. The van der Waals surface area contributed by atoms with E-state index in [9.17, 15) is 4.39 Å². The van der Waals surface area contributed by atoms with Crippen molar-refractivity contribution in [1.82, 2.24) is 4.98 Å². The first kappa shape index (κ1) is 12.2. The Labute approximate surface area is 93.6 Å². The molecule has 0 fully saturated rings. The van der Waals surface area contributed by atoms with Crippen molar-refractivity contribution < 1.29 is 9.13 Å². The third kappa shape index (κ3) is 3.64. The zero-order chi connectivity index (χ0) is 11.5. The predicted molar refractivity (Wildman–Crippen MR) is 58.8 cm³/mol. The summed E-state index contributed by atoms with van der Waals surface area (Å²) in [6, 6.07) is 1.22. The van der Waals surface area contributed by atoms with Gasteiger partial charge in [-0.1, -0.05) is 11.6 Å². The van der Waals surface area contributed by atoms with Crippen LogP contribution in [-0.2, 0) is 4.74 Å². The van der Waals surface area contributed by atoms with Crippen molar-refractivity contribution in [1.29, 1.82) is 0 Å². The molecule has 0 amide bonds. The molecule has 1 rings (SSSR count). The molecule has 0 bridgehead atoms. The van der Waals surface area contributed by atoms with E-state index in [2.05, 4.69) is 10.3 Å². The number of nitrogens with one attached hydrogen (secondary N) is 1. The first-order valence-electron chi connectivity index (χ1n) is 4.55. The number of aromatic nitrogens is 1. The molecule has 0 saturated carbocycles. The van der Waals surface area contributed by atoms with E-state index in [-0.39, 0.29) is 16.4 Å². The molecule has 0 aromatic carbocycles. The van der Waals surface area contributed by atoms with Crippen molar-refractivity contribution in [2.24, 2.45) is 0 Å². The molecule has 3 nitrogen and oxygen atoms in total. The highest BCUT2D eigenvalue weighted by Gasteiger charge is 2.16. The second kappa shape index (κ2) is 4.77. The molecule has 0 aliphatic heterocycles. The summed E-state index contributed by atoms with van der Waals surface area (Å²) in [5.74, 6) is -0.279. The Morgan fingerprint density at radius 1 is 1.60 bits per heavy atom. The van der Waals surface area contributed by atoms with E-state index < -0.39 is 5.82 Å². The molecular formula is C10H14ClFN2O. The van der Waals surface area contributed by atoms with Gasteiger partial charge in [-0.3, -0.25) is 0 Å². The SMILES string of the molecule is COC(C)(C)CNc1ncc(Cl)cc1F. The molecule has 0 atom stereocenters. The predicted octanol–water partition coefficient (Wildman–Crippen LogP) is 2.71. The van der Waals surface area contributed by atoms with Crippen LogP contribution in [-0.4, -0.2) is 24.2 Å². The maximum atomic E-state index is 13.3. The fourth-order valence-electron chi connectivity index (χ4n) is 0.913. The molecule has 5 heteroatoms. The largest absolute Gasteiger partial charge is 0.377 e. The molecule has 0 aliphatic carbocycles. The van der Waals surface area contributed by atoms with Gasteiger partial charge >= 0.3 is 0 Å². The second-order valence-corrected chi connectivity index (χ2v) is 4.24. The molecule has 0 spiro atoms. The standard InChI is InChI=1S/C10H14ClFN2O/c1-10(2,15-3)6-14-9-8(12)4-7(11)5-13-9/h4-5H,6H2,1-3H3,(H,13,14). The average Bonchev–Trinajstić information content (AvgIpc) is 2.16. The lowest BCUT2D eigenvalue weighted by Gasteiger charge is -2.23. The number of halogens is 2. The summed E-state index contributed by atoms with van der Waals surface area (Å²) in [6.07, 6.45) is 1.40. The Balaban J connectivity index is 2.66. The molecule has 0 saturated heterocycles. The number of anilines is 1. The zero-order valence-corrected chi connectivity index (χ0v) is 9.73. The Bertz CT molecular complexity index is 344. The minimum absolute atomic E-state index is 0.185. The maximum Gasteiger partial charge on any atom is 0.166 e. The van der Waals surface area contributed by atoms with Crippen molar-refractivity contribution in [3.05, 3.63) is 23.1 Å². The van der Waals surface area contributed by atoms with Gasteiger partial charge < -0.3 is 10.1 Å². The zero-order valence-electron chi connectivity index (χ0n) is 8.97. The van der Waals surface area contributed by atoms with Crippen LogP contribution in [0.2, 0.25) is 5.02 Å². The van der Waals surface area contributed by atoms with E-state index in [1.54, 1.807) is 7.11 Å². The number of methoxy groups -OCH3 is 1. The molecular weight excluding hydrogens is 219 g/mol. The van der Waals surface area contributed by atoms with E-state index in [1.807, 2.05) is 13.8 Å². The number of ether oxygens (including phenoxy) is 1. The summed E-state index contributed by atoms with van der Waals surface area (Å²) < 4.78 is 18.5. The van der Waals surface area contributed by atoms with Gasteiger partial charge in [-0.15, -0.1) is 0 Å². The number of pyridine rings is 1. The first-order valence-corrected chi connectivity index (χ1v) is 4.92. The van der Waals surface area contributed by atoms with E-state index >= 15 is 0 Å². The van der Waals surface area contributed by atoms with E-state index in [4.69, 9.17) is 16.3 Å². The topological polar surface area (TPSA) is 34.1 Å². The van der Waals surface area contributed by atoms with E-state index in [1.165, 1.54) is 12.3 Å². The summed E-state index contributed by atoms with van der Waals surface area (Å²) in [6.45, 7) is 4.26. The Kier molecular flexibility index (Phi) is 3.88. The highest BCUT2D eigenvalue weighted by molar-refractivity contribution is 6.30. The minimum Gasteiger partial charge on any atom is -0.377 e. The Hall–Kier alpha value is -0.870. The monoisotopic (exact) mass is 232 g/mol. The van der Waals surface area contributed by atoms with Crippen LogP contribution in [0.5, 0.6) is 0 Å². The molecule has 1 aromatic rings. The van der Waals surface area contributed by atoms with Crippen molar-refractivity contribution in [3.63, 3.8) is 0 Å². The van der Waals surface area contributed by atoms with Gasteiger partial charge in [0.15, 0.2) is 11.6 Å². The van der Waals surface area contributed by atoms with Gasteiger partial charge in [-0.25, -0.2) is 9.37 Å². The molecule has 1 aromatic heterocycles. The van der Waals surface area contributed by atoms with Crippen LogP contribution in [0.4, 0.5) is 10.2 Å². The third-order valence-electron chi connectivity index (χ3n) is 2.04. The maximum absolute atomic E-state index is 13.3. The first-order chi connectivity index (χ1) is 6.94. The fourth-order valence-corrected chi connectivity index (χ4v) is 1.06. The third-order valence-corrected chi connectivity index (χ3v) is 2.25. The molecule has 84 valence electrons. The Morgan fingerprint density at radius 2 is 2.27 bits per heavy atom. The molecule has 15 heavy (non-hydrogen) atoms. The molecule has 0 aliphatic rings. The summed E-state index contributed by atoms with van der Waals surface area (Å²) in [4.78, 5) is 3.84. The van der Waals surface area contributed by atoms with Gasteiger partial charge in [-0.05, 0) is 19.9 Å². The van der Waals surface area contributed by atoms with Gasteiger partial charge in [0.1, 0.15) is 0 Å². The van der Waals surface area contributed by atoms with Gasteiger partial charge in [0.2, 0.25) is 0 Å². The normalized spacial score (nSPS) is 11.5. The van der Waals surface area contributed by atoms with Gasteiger partial charge in [0.25, 0.3) is 0 Å². The van der Waals surface area contributed by atoms with Crippen LogP contribution in [0.3, 0.4) is 0 Å². The number of nitrogens with zero attached hydrogens (tertiary/aromatic N) is 1. The summed E-state index contributed by atoms with van der Waals surface area (Å²) >= 11 is 5.58. The number of hydrogen-bond donors (Lipinski definition) is 1. The van der Waals surface area contributed by atoms with Crippen molar-refractivity contribution >= 4 is 17.4 Å². The van der Waals surface area contributed by atoms with E-state index in [0.29, 0.717) is 6.54 Å². The Morgan fingerprint density at radius 3 is 2.80 bits per heavy atom. The van der Waals surface area contributed by atoms with Crippen molar-refractivity contribution in [3.8, 4) is 0 Å². The second-order valence-electron chi connectivity index (χ2n) is 3.80. The van der Waals surface area contributed by atoms with Crippen LogP contribution in [0.15, 0.2) is 12.3 Å². The fraction of sp³-hybridized carbons (Fsp3) is 0.500. The van der Waals surface area contributed by atoms with Crippen LogP contribution in [0, 0.1) is 5.82 Å². The summed E-state index contributed by atoms with van der Waals surface area (Å²) in [5, 5.41) is 3.14. The van der Waals surface area contributed by atoms with Crippen LogP contribution < -0.4 is 5.32 Å². The smallest absolute Gasteiger partial charge is 0.166 e. The van der Waals surface area contributed by atoms with Gasteiger partial charge in [-0.2, -0.15) is 0 Å². The lowest BCUT2D eigenvalue weighted by atomic mass is 10.1. The van der Waals surface area contributed by atoms with Crippen molar-refractivity contribution in [2.75, 3.05) is 19.0 Å². The highest BCUT2D eigenvalue weighted by Crippen LogP contribution is 2.16. The number of rotatable bonds is 4. The van der Waals surface area contributed by atoms with Crippen LogP contribution in [0.25, 0.3) is 0 Å². The van der Waals surface area contributed by atoms with Crippen LogP contribution in [0.1, 0.15) is 13.8 Å². The molecule has 1 N–H and O–H groups in total. The van der Waals surface area contributed by atoms with E-state index in [0.717, 1.165) is 0 Å². The van der Waals surface area contributed by atoms with Crippen LogP contribution >= 0.6 is 11.6 Å². The molecule has 1 heterocycles. The lowest BCUT2D eigenvalue weighted by molar-refractivity contribution is 0.0342. The summed E-state index contributed by atoms with van der Waals surface area (Å²) in [5.41, 5.74) is -0.367. The van der Waals surface area contributed by atoms with Gasteiger partial charge in [0, 0.05) is 19.9 Å². The lowest BCUT2D eigenvalue weighted by Crippen LogP contribution is -2.32.